The van der Waals surface area contributed by atoms with E-state index in [-0.39, 0.29) is 0 Å². The number of fused-ring (bicyclic) bond motifs is 2. The Kier molecular flexibility index (Phi) is 1.99. The minimum atomic E-state index is 0.909. The van der Waals surface area contributed by atoms with Crippen LogP contribution in [0.25, 0.3) is 10.9 Å². The quantitative estimate of drug-likeness (QED) is 0.729. The number of pyridine rings is 1. The van der Waals surface area contributed by atoms with Crippen LogP contribution in [0.15, 0.2) is 24.3 Å². The molecule has 0 atom stereocenters. The van der Waals surface area contributed by atoms with E-state index in [4.69, 9.17) is 10.7 Å². The first-order chi connectivity index (χ1) is 7.77. The third-order valence-electron chi connectivity index (χ3n) is 3.30. The van der Waals surface area contributed by atoms with Gasteiger partial charge in [0.2, 0.25) is 0 Å². The number of rotatable bonds is 0. The summed E-state index contributed by atoms with van der Waals surface area (Å²) in [5, 5.41) is 1.08. The van der Waals surface area contributed by atoms with Gasteiger partial charge in [-0.2, -0.15) is 0 Å². The van der Waals surface area contributed by atoms with E-state index in [2.05, 4.69) is 11.9 Å². The number of nitrogens with two attached hydrogens (primary N) is 1. The van der Waals surface area contributed by atoms with Crippen molar-refractivity contribution in [3.8, 4) is 0 Å². The Morgan fingerprint density at radius 1 is 1.31 bits per heavy atom. The molecule has 2 heterocycles. The summed E-state index contributed by atoms with van der Waals surface area (Å²) in [6, 6.07) is 8.09. The molecule has 0 saturated carbocycles. The molecular weight excluding hydrogens is 198 g/mol. The molecule has 0 unspecified atom stereocenters. The summed E-state index contributed by atoms with van der Waals surface area (Å²) in [7, 11) is 2.08. The SMILES string of the molecule is CN1CCCc2c1nc1ccccc1c2N. The highest BCUT2D eigenvalue weighted by atomic mass is 15.2. The molecule has 1 aliphatic heterocycles. The molecule has 3 rings (SSSR count). The fourth-order valence-electron chi connectivity index (χ4n) is 2.42. The summed E-state index contributed by atoms with van der Waals surface area (Å²) in [6.45, 7) is 1.07. The van der Waals surface area contributed by atoms with Crippen LogP contribution >= 0.6 is 0 Å². The zero-order valence-electron chi connectivity index (χ0n) is 9.40. The van der Waals surface area contributed by atoms with Gasteiger partial charge in [-0.25, -0.2) is 4.98 Å². The lowest BCUT2D eigenvalue weighted by atomic mass is 10.0. The highest BCUT2D eigenvalue weighted by Crippen LogP contribution is 2.33. The maximum Gasteiger partial charge on any atom is 0.134 e. The van der Waals surface area contributed by atoms with E-state index in [9.17, 15) is 0 Å². The van der Waals surface area contributed by atoms with E-state index in [1.54, 1.807) is 0 Å². The first-order valence-corrected chi connectivity index (χ1v) is 5.65. The van der Waals surface area contributed by atoms with Crippen LogP contribution in [0.4, 0.5) is 11.5 Å². The minimum Gasteiger partial charge on any atom is -0.398 e. The zero-order chi connectivity index (χ0) is 11.1. The van der Waals surface area contributed by atoms with Crippen LogP contribution in [0.2, 0.25) is 0 Å². The lowest BCUT2D eigenvalue weighted by Crippen LogP contribution is -2.26. The third kappa shape index (κ3) is 1.24. The van der Waals surface area contributed by atoms with Gasteiger partial charge in [0.25, 0.3) is 0 Å². The molecule has 16 heavy (non-hydrogen) atoms. The zero-order valence-corrected chi connectivity index (χ0v) is 9.40. The van der Waals surface area contributed by atoms with Gasteiger partial charge in [-0.05, 0) is 18.9 Å². The Bertz CT molecular complexity index is 548. The van der Waals surface area contributed by atoms with Crippen LogP contribution in [-0.2, 0) is 6.42 Å². The number of para-hydroxylation sites is 1. The Morgan fingerprint density at radius 3 is 3.00 bits per heavy atom. The molecule has 1 aromatic heterocycles. The molecule has 1 aliphatic rings. The maximum atomic E-state index is 6.24. The number of nitrogens with zero attached hydrogens (tertiary/aromatic N) is 2. The van der Waals surface area contributed by atoms with Gasteiger partial charge >= 0.3 is 0 Å². The summed E-state index contributed by atoms with van der Waals surface area (Å²) in [6.07, 6.45) is 2.21. The lowest BCUT2D eigenvalue weighted by Gasteiger charge is -2.27. The van der Waals surface area contributed by atoms with Gasteiger partial charge in [0.05, 0.1) is 5.52 Å². The topological polar surface area (TPSA) is 42.2 Å². The standard InChI is InChI=1S/C13H15N3/c1-16-8-4-6-10-12(14)9-5-2-3-7-11(9)15-13(10)16/h2-3,5,7H,4,6,8H2,1H3,(H2,14,15). The number of anilines is 2. The van der Waals surface area contributed by atoms with Crippen molar-refractivity contribution in [3.63, 3.8) is 0 Å². The molecule has 82 valence electrons. The van der Waals surface area contributed by atoms with Crippen molar-refractivity contribution in [2.75, 3.05) is 24.2 Å². The van der Waals surface area contributed by atoms with Crippen molar-refractivity contribution >= 4 is 22.4 Å². The molecule has 0 amide bonds. The first kappa shape index (κ1) is 9.46. The van der Waals surface area contributed by atoms with Crippen LogP contribution in [0.5, 0.6) is 0 Å². The van der Waals surface area contributed by atoms with E-state index in [1.165, 1.54) is 5.56 Å². The highest BCUT2D eigenvalue weighted by molar-refractivity contribution is 5.94. The van der Waals surface area contributed by atoms with E-state index in [0.29, 0.717) is 0 Å². The van der Waals surface area contributed by atoms with Gasteiger partial charge in [0, 0.05) is 30.2 Å². The summed E-state index contributed by atoms with van der Waals surface area (Å²) in [4.78, 5) is 6.90. The maximum absolute atomic E-state index is 6.24. The van der Waals surface area contributed by atoms with E-state index >= 15 is 0 Å². The fourth-order valence-corrected chi connectivity index (χ4v) is 2.42. The molecule has 2 N–H and O–H groups in total. The van der Waals surface area contributed by atoms with Gasteiger partial charge < -0.3 is 10.6 Å². The largest absolute Gasteiger partial charge is 0.398 e. The smallest absolute Gasteiger partial charge is 0.134 e. The predicted molar refractivity (Wildman–Crippen MR) is 67.7 cm³/mol. The minimum absolute atomic E-state index is 0.909. The normalized spacial score (nSPS) is 15.2. The van der Waals surface area contributed by atoms with Crippen molar-refractivity contribution in [1.29, 1.82) is 0 Å². The number of nitrogen functional groups attached to an aromatic ring is 1. The Balaban J connectivity index is 2.36. The molecule has 0 aliphatic carbocycles. The lowest BCUT2D eigenvalue weighted by molar-refractivity contribution is 0.735. The second-order valence-corrected chi connectivity index (χ2v) is 4.37. The Hall–Kier alpha value is -1.77. The third-order valence-corrected chi connectivity index (χ3v) is 3.30. The molecular formula is C13H15N3. The molecule has 0 bridgehead atoms. The Labute approximate surface area is 94.9 Å². The monoisotopic (exact) mass is 213 g/mol. The van der Waals surface area contributed by atoms with Crippen LogP contribution in [0.1, 0.15) is 12.0 Å². The van der Waals surface area contributed by atoms with Crippen molar-refractivity contribution in [2.45, 2.75) is 12.8 Å². The summed E-state index contributed by atoms with van der Waals surface area (Å²) >= 11 is 0. The first-order valence-electron chi connectivity index (χ1n) is 5.65. The number of benzene rings is 1. The van der Waals surface area contributed by atoms with Crippen molar-refractivity contribution < 1.29 is 0 Å². The van der Waals surface area contributed by atoms with Crippen molar-refractivity contribution in [1.82, 2.24) is 4.98 Å². The number of hydrogen-bond donors (Lipinski definition) is 1. The van der Waals surface area contributed by atoms with E-state index in [1.807, 2.05) is 24.3 Å². The predicted octanol–water partition coefficient (Wildman–Crippen LogP) is 2.20. The molecule has 2 aromatic rings. The van der Waals surface area contributed by atoms with Crippen LogP contribution in [0.3, 0.4) is 0 Å². The van der Waals surface area contributed by atoms with Gasteiger partial charge in [0.15, 0.2) is 0 Å². The molecule has 0 fully saturated rings. The Morgan fingerprint density at radius 2 is 2.12 bits per heavy atom. The van der Waals surface area contributed by atoms with Gasteiger partial charge in [-0.1, -0.05) is 18.2 Å². The second kappa shape index (κ2) is 3.37. The summed E-state index contributed by atoms with van der Waals surface area (Å²) in [5.41, 5.74) is 9.35. The molecule has 0 saturated heterocycles. The van der Waals surface area contributed by atoms with Crippen molar-refractivity contribution in [2.24, 2.45) is 0 Å². The van der Waals surface area contributed by atoms with Crippen LogP contribution in [-0.4, -0.2) is 18.6 Å². The van der Waals surface area contributed by atoms with Crippen molar-refractivity contribution in [3.05, 3.63) is 29.8 Å². The van der Waals surface area contributed by atoms with E-state index in [0.717, 1.165) is 41.8 Å². The summed E-state index contributed by atoms with van der Waals surface area (Å²) in [5.74, 6) is 1.06. The average molecular weight is 213 g/mol. The van der Waals surface area contributed by atoms with Gasteiger partial charge in [-0.3, -0.25) is 0 Å². The highest BCUT2D eigenvalue weighted by Gasteiger charge is 2.19. The molecule has 3 nitrogen and oxygen atoms in total. The summed E-state index contributed by atoms with van der Waals surface area (Å²) < 4.78 is 0. The average Bonchev–Trinajstić information content (AvgIpc) is 2.31. The van der Waals surface area contributed by atoms with Gasteiger partial charge in [0.1, 0.15) is 5.82 Å². The fraction of sp³-hybridized carbons (Fsp3) is 0.308. The van der Waals surface area contributed by atoms with Crippen LogP contribution in [0, 0.1) is 0 Å². The van der Waals surface area contributed by atoms with E-state index < -0.39 is 0 Å². The molecule has 1 aromatic carbocycles. The molecule has 0 radical (unpaired) electrons. The van der Waals surface area contributed by atoms with Gasteiger partial charge in [-0.15, -0.1) is 0 Å². The number of hydrogen-bond acceptors (Lipinski definition) is 3. The molecule has 0 spiro atoms. The number of aromatic nitrogens is 1. The van der Waals surface area contributed by atoms with Crippen LogP contribution < -0.4 is 10.6 Å². The second-order valence-electron chi connectivity index (χ2n) is 4.37. The molecule has 3 heteroatoms.